The molecule has 6 nitrogen and oxygen atoms in total. The van der Waals surface area contributed by atoms with E-state index in [0.717, 1.165) is 6.42 Å². The van der Waals surface area contributed by atoms with Gasteiger partial charge in [-0.2, -0.15) is 0 Å². The molecule has 0 bridgehead atoms. The highest BCUT2D eigenvalue weighted by atomic mass is 16.2. The van der Waals surface area contributed by atoms with Crippen LogP contribution in [0.25, 0.3) is 0 Å². The van der Waals surface area contributed by atoms with Gasteiger partial charge < -0.3 is 16.0 Å². The molecule has 0 aliphatic rings. The van der Waals surface area contributed by atoms with Crippen molar-refractivity contribution in [3.8, 4) is 0 Å². The molecular formula is C13H23N5O. The standard InChI is InChI=1S/C13H23N5O/c1-9(2)7-10(14)8-15-12-6-5-11(16-17-12)13(19)18(3)4/h5-6,9-10H,7-8,14H2,1-4H3,(H,15,17). The number of rotatable bonds is 6. The smallest absolute Gasteiger partial charge is 0.273 e. The number of nitrogens with zero attached hydrogens (tertiary/aromatic N) is 3. The van der Waals surface area contributed by atoms with E-state index in [0.29, 0.717) is 24.0 Å². The lowest BCUT2D eigenvalue weighted by Crippen LogP contribution is -2.30. The van der Waals surface area contributed by atoms with Crippen LogP contribution in [0.2, 0.25) is 0 Å². The molecule has 0 aliphatic heterocycles. The van der Waals surface area contributed by atoms with Crippen LogP contribution in [-0.2, 0) is 0 Å². The number of aromatic nitrogens is 2. The van der Waals surface area contributed by atoms with Gasteiger partial charge in [0.05, 0.1) is 0 Å². The van der Waals surface area contributed by atoms with Gasteiger partial charge in [-0.1, -0.05) is 13.8 Å². The van der Waals surface area contributed by atoms with Crippen molar-refractivity contribution in [3.63, 3.8) is 0 Å². The molecule has 1 aromatic rings. The molecule has 0 aromatic carbocycles. The highest BCUT2D eigenvalue weighted by molar-refractivity contribution is 5.91. The minimum Gasteiger partial charge on any atom is -0.367 e. The average molecular weight is 265 g/mol. The summed E-state index contributed by atoms with van der Waals surface area (Å²) in [6, 6.07) is 3.49. The Morgan fingerprint density at radius 3 is 2.53 bits per heavy atom. The summed E-state index contributed by atoms with van der Waals surface area (Å²) in [5.74, 6) is 1.05. The summed E-state index contributed by atoms with van der Waals surface area (Å²) < 4.78 is 0. The fourth-order valence-electron chi connectivity index (χ4n) is 1.69. The molecule has 0 aliphatic carbocycles. The third kappa shape index (κ3) is 5.21. The largest absolute Gasteiger partial charge is 0.367 e. The molecule has 0 saturated carbocycles. The van der Waals surface area contributed by atoms with E-state index in [1.54, 1.807) is 26.2 Å². The lowest BCUT2D eigenvalue weighted by atomic mass is 10.0. The van der Waals surface area contributed by atoms with Crippen molar-refractivity contribution in [1.29, 1.82) is 0 Å². The number of anilines is 1. The van der Waals surface area contributed by atoms with Crippen molar-refractivity contribution in [1.82, 2.24) is 15.1 Å². The van der Waals surface area contributed by atoms with Gasteiger partial charge in [-0.3, -0.25) is 4.79 Å². The summed E-state index contributed by atoms with van der Waals surface area (Å²) in [6.07, 6.45) is 0.956. The third-order valence-corrected chi connectivity index (χ3v) is 2.61. The number of nitrogens with two attached hydrogens (primary N) is 1. The van der Waals surface area contributed by atoms with E-state index in [1.165, 1.54) is 4.90 Å². The van der Waals surface area contributed by atoms with E-state index in [2.05, 4.69) is 29.4 Å². The lowest BCUT2D eigenvalue weighted by Gasteiger charge is -2.15. The number of amides is 1. The molecule has 1 amide bonds. The predicted octanol–water partition coefficient (Wildman–Crippen LogP) is 0.964. The van der Waals surface area contributed by atoms with Crippen LogP contribution in [-0.4, -0.2) is 47.7 Å². The molecular weight excluding hydrogens is 242 g/mol. The van der Waals surface area contributed by atoms with Crippen LogP contribution >= 0.6 is 0 Å². The van der Waals surface area contributed by atoms with Gasteiger partial charge in [0.2, 0.25) is 0 Å². The first-order chi connectivity index (χ1) is 8.90. The van der Waals surface area contributed by atoms with Crippen LogP contribution in [0.1, 0.15) is 30.8 Å². The molecule has 19 heavy (non-hydrogen) atoms. The van der Waals surface area contributed by atoms with E-state index in [4.69, 9.17) is 5.73 Å². The molecule has 3 N–H and O–H groups in total. The Morgan fingerprint density at radius 2 is 2.05 bits per heavy atom. The summed E-state index contributed by atoms with van der Waals surface area (Å²) in [4.78, 5) is 13.1. The van der Waals surface area contributed by atoms with Crippen molar-refractivity contribution in [2.24, 2.45) is 11.7 Å². The van der Waals surface area contributed by atoms with Gasteiger partial charge in [-0.05, 0) is 24.5 Å². The maximum atomic E-state index is 11.6. The molecule has 0 radical (unpaired) electrons. The molecule has 106 valence electrons. The van der Waals surface area contributed by atoms with Gasteiger partial charge in [0, 0.05) is 26.7 Å². The topological polar surface area (TPSA) is 84.1 Å². The predicted molar refractivity (Wildman–Crippen MR) is 76.0 cm³/mol. The van der Waals surface area contributed by atoms with Gasteiger partial charge in [-0.15, -0.1) is 10.2 Å². The second-order valence-electron chi connectivity index (χ2n) is 5.27. The molecule has 1 atom stereocenters. The maximum absolute atomic E-state index is 11.6. The Kier molecular flexibility index (Phi) is 5.69. The van der Waals surface area contributed by atoms with Crippen molar-refractivity contribution in [3.05, 3.63) is 17.8 Å². The van der Waals surface area contributed by atoms with E-state index in [9.17, 15) is 4.79 Å². The fraction of sp³-hybridized carbons (Fsp3) is 0.615. The quantitative estimate of drug-likeness (QED) is 0.800. The molecule has 1 rings (SSSR count). The monoisotopic (exact) mass is 265 g/mol. The number of carbonyl (C=O) groups excluding carboxylic acids is 1. The van der Waals surface area contributed by atoms with Gasteiger partial charge in [0.25, 0.3) is 5.91 Å². The van der Waals surface area contributed by atoms with Crippen LogP contribution in [0.15, 0.2) is 12.1 Å². The Bertz CT molecular complexity index is 402. The van der Waals surface area contributed by atoms with Crippen molar-refractivity contribution in [2.75, 3.05) is 26.0 Å². The summed E-state index contributed by atoms with van der Waals surface area (Å²) in [5, 5.41) is 11.0. The lowest BCUT2D eigenvalue weighted by molar-refractivity contribution is 0.0821. The summed E-state index contributed by atoms with van der Waals surface area (Å²) in [7, 11) is 3.36. The second kappa shape index (κ2) is 7.04. The van der Waals surface area contributed by atoms with E-state index < -0.39 is 0 Å². The number of carbonyl (C=O) groups is 1. The average Bonchev–Trinajstić information content (AvgIpc) is 2.35. The fourth-order valence-corrected chi connectivity index (χ4v) is 1.69. The number of hydrogen-bond donors (Lipinski definition) is 2. The highest BCUT2D eigenvalue weighted by Crippen LogP contribution is 2.06. The van der Waals surface area contributed by atoms with Gasteiger partial charge in [-0.25, -0.2) is 0 Å². The zero-order chi connectivity index (χ0) is 14.4. The van der Waals surface area contributed by atoms with Crippen LogP contribution in [0.5, 0.6) is 0 Å². The summed E-state index contributed by atoms with van der Waals surface area (Å²) in [5.41, 5.74) is 6.30. The van der Waals surface area contributed by atoms with Crippen molar-refractivity contribution < 1.29 is 4.79 Å². The molecule has 1 unspecified atom stereocenters. The first-order valence-electron chi connectivity index (χ1n) is 6.45. The molecule has 0 fully saturated rings. The van der Waals surface area contributed by atoms with Gasteiger partial charge >= 0.3 is 0 Å². The van der Waals surface area contributed by atoms with E-state index >= 15 is 0 Å². The Labute approximate surface area is 114 Å². The zero-order valence-corrected chi connectivity index (χ0v) is 12.1. The van der Waals surface area contributed by atoms with Crippen LogP contribution in [0.3, 0.4) is 0 Å². The minimum atomic E-state index is -0.157. The Morgan fingerprint density at radius 1 is 1.37 bits per heavy atom. The normalized spacial score (nSPS) is 12.3. The first kappa shape index (κ1) is 15.4. The van der Waals surface area contributed by atoms with Crippen molar-refractivity contribution in [2.45, 2.75) is 26.3 Å². The van der Waals surface area contributed by atoms with Crippen LogP contribution < -0.4 is 11.1 Å². The van der Waals surface area contributed by atoms with E-state index in [-0.39, 0.29) is 11.9 Å². The van der Waals surface area contributed by atoms with Gasteiger partial charge in [0.1, 0.15) is 5.82 Å². The number of nitrogens with one attached hydrogen (secondary N) is 1. The second-order valence-corrected chi connectivity index (χ2v) is 5.27. The van der Waals surface area contributed by atoms with E-state index in [1.807, 2.05) is 0 Å². The Balaban J connectivity index is 2.51. The SMILES string of the molecule is CC(C)CC(N)CNc1ccc(C(=O)N(C)C)nn1. The summed E-state index contributed by atoms with van der Waals surface area (Å²) in [6.45, 7) is 4.93. The van der Waals surface area contributed by atoms with Gasteiger partial charge in [0.15, 0.2) is 5.69 Å². The Hall–Kier alpha value is -1.69. The zero-order valence-electron chi connectivity index (χ0n) is 12.1. The molecule has 0 saturated heterocycles. The third-order valence-electron chi connectivity index (χ3n) is 2.61. The molecule has 6 heteroatoms. The van der Waals surface area contributed by atoms with Crippen molar-refractivity contribution >= 4 is 11.7 Å². The first-order valence-corrected chi connectivity index (χ1v) is 6.45. The molecule has 1 heterocycles. The maximum Gasteiger partial charge on any atom is 0.273 e. The minimum absolute atomic E-state index is 0.0879. The molecule has 0 spiro atoms. The molecule has 1 aromatic heterocycles. The number of hydrogen-bond acceptors (Lipinski definition) is 5. The summed E-state index contributed by atoms with van der Waals surface area (Å²) >= 11 is 0. The van der Waals surface area contributed by atoms with Crippen LogP contribution in [0, 0.1) is 5.92 Å². The van der Waals surface area contributed by atoms with Crippen LogP contribution in [0.4, 0.5) is 5.82 Å². The highest BCUT2D eigenvalue weighted by Gasteiger charge is 2.10.